The molecule has 1 rings (SSSR count). The van der Waals surface area contributed by atoms with Crippen LogP contribution < -0.4 is 0 Å². The zero-order valence-electron chi connectivity index (χ0n) is 9.55. The van der Waals surface area contributed by atoms with Crippen LogP contribution in [0.15, 0.2) is 17.0 Å². The van der Waals surface area contributed by atoms with Crippen LogP contribution in [0.25, 0.3) is 0 Å². The van der Waals surface area contributed by atoms with Crippen LogP contribution >= 0.6 is 27.7 Å². The summed E-state index contributed by atoms with van der Waals surface area (Å²) in [4.78, 5) is 11.3. The molecule has 102 valence electrons. The number of carbonyl (C=O) groups is 1. The maximum absolute atomic E-state index is 12.6. The Morgan fingerprint density at radius 3 is 2.58 bits per heavy atom. The average Bonchev–Trinajstić information content (AvgIpc) is 2.35. The van der Waals surface area contributed by atoms with Crippen LogP contribution in [-0.2, 0) is 10.1 Å². The Labute approximate surface area is 119 Å². The molecule has 8 heteroatoms. The van der Waals surface area contributed by atoms with Crippen molar-refractivity contribution in [3.8, 4) is 6.07 Å². The number of thioether (sulfide) groups is 1. The molecule has 0 aliphatic rings. The minimum atomic E-state index is -4.56. The van der Waals surface area contributed by atoms with Crippen molar-refractivity contribution in [3.63, 3.8) is 0 Å². The Balaban J connectivity index is 3.53. The number of alkyl halides is 4. The molecular formula is C11H7BrF3NO2S. The third-order valence-electron chi connectivity index (χ3n) is 2.11. The third kappa shape index (κ3) is 3.88. The lowest BCUT2D eigenvalue weighted by molar-refractivity contribution is -0.0328. The second-order valence-corrected chi connectivity index (χ2v) is 4.90. The molecule has 3 nitrogen and oxygen atoms in total. The molecule has 0 saturated carbocycles. The molecule has 0 N–H and O–H groups in total. The number of rotatable bonds is 3. The van der Waals surface area contributed by atoms with Crippen molar-refractivity contribution in [1.29, 1.82) is 5.26 Å². The molecule has 0 atom stereocenters. The molecule has 0 bridgehead atoms. The van der Waals surface area contributed by atoms with E-state index in [0.717, 1.165) is 7.11 Å². The van der Waals surface area contributed by atoms with Gasteiger partial charge in [-0.15, -0.1) is 0 Å². The van der Waals surface area contributed by atoms with E-state index in [1.807, 2.05) is 0 Å². The van der Waals surface area contributed by atoms with Gasteiger partial charge < -0.3 is 4.74 Å². The first-order chi connectivity index (χ1) is 8.84. The van der Waals surface area contributed by atoms with Crippen LogP contribution in [0.3, 0.4) is 0 Å². The van der Waals surface area contributed by atoms with Gasteiger partial charge in [0.05, 0.1) is 18.2 Å². The topological polar surface area (TPSA) is 50.1 Å². The van der Waals surface area contributed by atoms with Crippen molar-refractivity contribution in [2.24, 2.45) is 0 Å². The average molecular weight is 354 g/mol. The summed E-state index contributed by atoms with van der Waals surface area (Å²) < 4.78 is 42.1. The van der Waals surface area contributed by atoms with E-state index in [1.54, 1.807) is 6.07 Å². The monoisotopic (exact) mass is 353 g/mol. The number of nitriles is 1. The molecule has 0 radical (unpaired) electrons. The molecule has 0 heterocycles. The Hall–Kier alpha value is -1.20. The zero-order valence-corrected chi connectivity index (χ0v) is 11.9. The van der Waals surface area contributed by atoms with Crippen molar-refractivity contribution in [1.82, 2.24) is 0 Å². The van der Waals surface area contributed by atoms with Gasteiger partial charge in [0.15, 0.2) is 0 Å². The smallest absolute Gasteiger partial charge is 0.446 e. The first-order valence-corrected chi connectivity index (χ1v) is 6.73. The van der Waals surface area contributed by atoms with E-state index in [4.69, 9.17) is 5.26 Å². The fourth-order valence-corrected chi connectivity index (χ4v) is 2.81. The lowest BCUT2D eigenvalue weighted by Crippen LogP contribution is -2.11. The van der Waals surface area contributed by atoms with Crippen molar-refractivity contribution in [2.45, 2.75) is 15.7 Å². The molecule has 1 aromatic rings. The van der Waals surface area contributed by atoms with Gasteiger partial charge in [0, 0.05) is 10.2 Å². The molecular weight excluding hydrogens is 347 g/mol. The predicted octanol–water partition coefficient (Wildman–Crippen LogP) is 3.85. The van der Waals surface area contributed by atoms with E-state index in [0.29, 0.717) is 0 Å². The van der Waals surface area contributed by atoms with Gasteiger partial charge in [-0.2, -0.15) is 18.4 Å². The number of hydrogen-bond acceptors (Lipinski definition) is 4. The number of nitrogens with zero attached hydrogens (tertiary/aromatic N) is 1. The normalized spacial score (nSPS) is 10.9. The Bertz CT molecular complexity index is 540. The lowest BCUT2D eigenvalue weighted by Gasteiger charge is -2.14. The molecule has 0 amide bonds. The van der Waals surface area contributed by atoms with Crippen LogP contribution in [0, 0.1) is 11.3 Å². The Morgan fingerprint density at radius 2 is 2.16 bits per heavy atom. The summed E-state index contributed by atoms with van der Waals surface area (Å²) >= 11 is 2.62. The summed E-state index contributed by atoms with van der Waals surface area (Å²) in [6.45, 7) is 0. The number of methoxy groups -OCH3 is 1. The van der Waals surface area contributed by atoms with Crippen molar-refractivity contribution >= 4 is 33.7 Å². The van der Waals surface area contributed by atoms with Gasteiger partial charge in [-0.25, -0.2) is 4.79 Å². The molecule has 0 spiro atoms. The molecule has 0 aliphatic carbocycles. The van der Waals surface area contributed by atoms with E-state index < -0.39 is 23.2 Å². The van der Waals surface area contributed by atoms with Gasteiger partial charge in [0.25, 0.3) is 0 Å². The highest BCUT2D eigenvalue weighted by molar-refractivity contribution is 9.08. The van der Waals surface area contributed by atoms with Gasteiger partial charge in [0.2, 0.25) is 0 Å². The van der Waals surface area contributed by atoms with Gasteiger partial charge in [-0.1, -0.05) is 22.0 Å². The maximum atomic E-state index is 12.6. The summed E-state index contributed by atoms with van der Waals surface area (Å²) in [7, 11) is 1.05. The summed E-state index contributed by atoms with van der Waals surface area (Å²) in [5.41, 5.74) is -4.80. The molecule has 0 saturated heterocycles. The Morgan fingerprint density at radius 1 is 1.53 bits per heavy atom. The van der Waals surface area contributed by atoms with Gasteiger partial charge >= 0.3 is 11.5 Å². The van der Waals surface area contributed by atoms with Gasteiger partial charge in [0.1, 0.15) is 6.07 Å². The number of carbonyl (C=O) groups excluding carboxylic acids is 1. The molecule has 0 aliphatic heterocycles. The summed E-state index contributed by atoms with van der Waals surface area (Å²) in [6, 6.07) is 4.36. The summed E-state index contributed by atoms with van der Waals surface area (Å²) in [6.07, 6.45) is 0. The van der Waals surface area contributed by atoms with E-state index in [1.165, 1.54) is 12.1 Å². The van der Waals surface area contributed by atoms with Crippen LogP contribution in [-0.4, -0.2) is 18.6 Å². The first-order valence-electron chi connectivity index (χ1n) is 4.80. The fourth-order valence-electron chi connectivity index (χ4n) is 1.36. The summed E-state index contributed by atoms with van der Waals surface area (Å²) in [5.74, 6) is -0.967. The fraction of sp³-hybridized carbons (Fsp3) is 0.273. The van der Waals surface area contributed by atoms with Crippen molar-refractivity contribution < 1.29 is 22.7 Å². The minimum Gasteiger partial charge on any atom is -0.465 e. The van der Waals surface area contributed by atoms with E-state index in [2.05, 4.69) is 20.7 Å². The van der Waals surface area contributed by atoms with Gasteiger partial charge in [-0.05, 0) is 23.4 Å². The van der Waals surface area contributed by atoms with Crippen LogP contribution in [0.2, 0.25) is 0 Å². The second kappa shape index (κ2) is 6.30. The summed E-state index contributed by atoms with van der Waals surface area (Å²) in [5, 5.41) is 9.02. The van der Waals surface area contributed by atoms with Crippen LogP contribution in [0.1, 0.15) is 21.5 Å². The number of benzene rings is 1. The highest BCUT2D eigenvalue weighted by Gasteiger charge is 2.34. The van der Waals surface area contributed by atoms with Crippen LogP contribution in [0.5, 0.6) is 0 Å². The second-order valence-electron chi connectivity index (χ2n) is 3.26. The van der Waals surface area contributed by atoms with E-state index in [9.17, 15) is 18.0 Å². The molecule has 19 heavy (non-hydrogen) atoms. The third-order valence-corrected chi connectivity index (χ3v) is 3.62. The van der Waals surface area contributed by atoms with Crippen LogP contribution in [0.4, 0.5) is 13.2 Å². The number of esters is 1. The SMILES string of the molecule is COC(=O)c1c(C#N)ccc(CBr)c1SC(F)(F)F. The molecule has 1 aromatic carbocycles. The predicted molar refractivity (Wildman–Crippen MR) is 67.0 cm³/mol. The minimum absolute atomic E-state index is 0.126. The van der Waals surface area contributed by atoms with Crippen molar-refractivity contribution in [2.75, 3.05) is 7.11 Å². The maximum Gasteiger partial charge on any atom is 0.446 e. The largest absolute Gasteiger partial charge is 0.465 e. The quantitative estimate of drug-likeness (QED) is 0.470. The van der Waals surface area contributed by atoms with Crippen molar-refractivity contribution in [3.05, 3.63) is 28.8 Å². The highest BCUT2D eigenvalue weighted by Crippen LogP contribution is 2.42. The standard InChI is InChI=1S/C11H7BrF3NO2S/c1-18-10(17)8-7(5-16)3-2-6(4-12)9(8)19-11(13,14)15/h2-3H,4H2,1H3. The first kappa shape index (κ1) is 15.9. The highest BCUT2D eigenvalue weighted by atomic mass is 79.9. The molecule has 0 unspecified atom stereocenters. The van der Waals surface area contributed by atoms with E-state index in [-0.39, 0.29) is 26.9 Å². The Kier molecular flexibility index (Phi) is 5.26. The zero-order chi connectivity index (χ0) is 14.6. The van der Waals surface area contributed by atoms with E-state index >= 15 is 0 Å². The van der Waals surface area contributed by atoms with Gasteiger partial charge in [-0.3, -0.25) is 0 Å². The number of halogens is 4. The molecule has 0 fully saturated rings. The molecule has 0 aromatic heterocycles. The number of hydrogen-bond donors (Lipinski definition) is 0. The number of ether oxygens (including phenoxy) is 1. The lowest BCUT2D eigenvalue weighted by atomic mass is 10.1.